The maximum absolute atomic E-state index is 12.4. The van der Waals surface area contributed by atoms with Crippen molar-refractivity contribution in [3.8, 4) is 5.75 Å². The van der Waals surface area contributed by atoms with Crippen LogP contribution in [0.2, 0.25) is 0 Å². The summed E-state index contributed by atoms with van der Waals surface area (Å²) in [7, 11) is 4.01. The molecule has 1 atom stereocenters. The van der Waals surface area contributed by atoms with Crippen molar-refractivity contribution in [1.29, 1.82) is 0 Å². The van der Waals surface area contributed by atoms with Crippen LogP contribution in [0.1, 0.15) is 38.2 Å². The Labute approximate surface area is 128 Å². The van der Waals surface area contributed by atoms with Crippen molar-refractivity contribution >= 4 is 11.9 Å². The van der Waals surface area contributed by atoms with Crippen molar-refractivity contribution in [3.63, 3.8) is 0 Å². The first-order chi connectivity index (χ1) is 10.0. The van der Waals surface area contributed by atoms with E-state index in [2.05, 4.69) is 11.8 Å². The largest absolute Gasteiger partial charge is 0.508 e. The average Bonchev–Trinajstić information content (AvgIpc) is 2.45. The number of rotatable bonds is 9. The van der Waals surface area contributed by atoms with Crippen LogP contribution in [0, 0.1) is 5.92 Å². The summed E-state index contributed by atoms with van der Waals surface area (Å²) >= 11 is 0. The van der Waals surface area contributed by atoms with Gasteiger partial charge in [-0.15, -0.1) is 0 Å². The normalized spacial score (nSPS) is 13.0. The van der Waals surface area contributed by atoms with Crippen molar-refractivity contribution in [3.05, 3.63) is 35.9 Å². The maximum Gasteiger partial charge on any atom is 0.160 e. The van der Waals surface area contributed by atoms with Gasteiger partial charge in [-0.1, -0.05) is 44.4 Å². The quantitative estimate of drug-likeness (QED) is 0.556. The molecule has 21 heavy (non-hydrogen) atoms. The predicted octanol–water partition coefficient (Wildman–Crippen LogP) is 3.73. The van der Waals surface area contributed by atoms with Crippen LogP contribution in [0.4, 0.5) is 0 Å². The molecule has 0 radical (unpaired) electrons. The lowest BCUT2D eigenvalue weighted by atomic mass is 9.95. The molecule has 0 saturated carbocycles. The molecule has 0 aliphatic carbocycles. The molecule has 0 spiro atoms. The highest BCUT2D eigenvalue weighted by Gasteiger charge is 2.16. The zero-order valence-electron chi connectivity index (χ0n) is 13.4. The number of carbonyl (C=O) groups excluding carboxylic acids is 1. The van der Waals surface area contributed by atoms with Crippen LogP contribution >= 0.6 is 0 Å². The van der Waals surface area contributed by atoms with Gasteiger partial charge in [0.05, 0.1) is 0 Å². The molecular weight excluding hydrogens is 262 g/mol. The minimum absolute atomic E-state index is 0.0694. The molecule has 3 nitrogen and oxygen atoms in total. The van der Waals surface area contributed by atoms with E-state index in [1.807, 2.05) is 20.2 Å². The number of phenols is 1. The van der Waals surface area contributed by atoms with E-state index in [1.165, 1.54) is 12.8 Å². The van der Waals surface area contributed by atoms with Crippen molar-refractivity contribution in [2.45, 2.75) is 32.6 Å². The number of aromatic hydroxyl groups is 1. The number of hydrogen-bond acceptors (Lipinski definition) is 3. The van der Waals surface area contributed by atoms with Crippen LogP contribution in [0.3, 0.4) is 0 Å². The summed E-state index contributed by atoms with van der Waals surface area (Å²) in [6, 6.07) is 6.86. The van der Waals surface area contributed by atoms with E-state index in [0.717, 1.165) is 24.9 Å². The minimum Gasteiger partial charge on any atom is -0.508 e. The number of ketones is 1. The lowest BCUT2D eigenvalue weighted by Crippen LogP contribution is -2.27. The average molecular weight is 289 g/mol. The highest BCUT2D eigenvalue weighted by Crippen LogP contribution is 2.15. The molecule has 0 amide bonds. The monoisotopic (exact) mass is 289 g/mol. The number of phenolic OH excluding ortho intramolecular Hbond substituents is 1. The van der Waals surface area contributed by atoms with E-state index in [0.29, 0.717) is 0 Å². The fraction of sp³-hybridized carbons (Fsp3) is 0.500. The molecule has 0 aromatic heterocycles. The van der Waals surface area contributed by atoms with Gasteiger partial charge in [0.15, 0.2) is 5.78 Å². The van der Waals surface area contributed by atoms with Gasteiger partial charge in [0, 0.05) is 12.5 Å². The third-order valence-corrected chi connectivity index (χ3v) is 3.48. The molecule has 1 aromatic carbocycles. The highest BCUT2D eigenvalue weighted by molar-refractivity contribution is 5.95. The van der Waals surface area contributed by atoms with Gasteiger partial charge >= 0.3 is 0 Å². The van der Waals surface area contributed by atoms with E-state index in [4.69, 9.17) is 0 Å². The van der Waals surface area contributed by atoms with E-state index in [1.54, 1.807) is 30.3 Å². The number of hydrogen-bond donors (Lipinski definition) is 1. The molecule has 1 aromatic rings. The van der Waals surface area contributed by atoms with Gasteiger partial charge in [-0.3, -0.25) is 4.79 Å². The Hall–Kier alpha value is -1.61. The molecule has 0 saturated heterocycles. The number of unbranched alkanes of at least 4 members (excludes halogenated alkanes) is 2. The van der Waals surface area contributed by atoms with E-state index in [-0.39, 0.29) is 17.5 Å². The summed E-state index contributed by atoms with van der Waals surface area (Å²) < 4.78 is 0. The third-order valence-electron chi connectivity index (χ3n) is 3.48. The molecule has 3 heteroatoms. The molecule has 116 valence electrons. The van der Waals surface area contributed by atoms with Gasteiger partial charge < -0.3 is 10.0 Å². The summed E-state index contributed by atoms with van der Waals surface area (Å²) in [5.41, 5.74) is 0.929. The van der Waals surface area contributed by atoms with Crippen LogP contribution in [0.15, 0.2) is 30.3 Å². The molecule has 0 fully saturated rings. The Bertz CT molecular complexity index is 449. The van der Waals surface area contributed by atoms with E-state index < -0.39 is 0 Å². The number of carbonyl (C=O) groups is 1. The molecule has 0 unspecified atom stereocenters. The van der Waals surface area contributed by atoms with Gasteiger partial charge in [-0.25, -0.2) is 0 Å². The molecule has 0 aliphatic rings. The van der Waals surface area contributed by atoms with Crippen LogP contribution < -0.4 is 0 Å². The molecule has 1 N–H and O–H groups in total. The Balaban J connectivity index is 2.63. The number of benzene rings is 1. The second-order valence-electron chi connectivity index (χ2n) is 5.78. The zero-order valence-corrected chi connectivity index (χ0v) is 13.4. The fourth-order valence-corrected chi connectivity index (χ4v) is 2.30. The van der Waals surface area contributed by atoms with Crippen molar-refractivity contribution in [2.24, 2.45) is 5.92 Å². The second kappa shape index (κ2) is 9.35. The third kappa shape index (κ3) is 7.09. The second-order valence-corrected chi connectivity index (χ2v) is 5.78. The first-order valence-corrected chi connectivity index (χ1v) is 7.68. The van der Waals surface area contributed by atoms with E-state index in [9.17, 15) is 9.90 Å². The summed E-state index contributed by atoms with van der Waals surface area (Å²) in [6.07, 6.45) is 7.90. The Morgan fingerprint density at radius 2 is 1.90 bits per heavy atom. The van der Waals surface area contributed by atoms with Crippen LogP contribution in [-0.2, 0) is 4.79 Å². The van der Waals surface area contributed by atoms with Crippen molar-refractivity contribution < 1.29 is 9.90 Å². The minimum atomic E-state index is 0.0694. The summed E-state index contributed by atoms with van der Waals surface area (Å²) in [4.78, 5) is 14.4. The standard InChI is InChI=1S/C18H27NO2/c1-4-5-6-7-16(14-19(2)3)18(21)13-10-15-8-11-17(20)12-9-15/h8-13,16,20H,4-7,14H2,1-3H3/b13-10+/t16-/m0/s1. The molecule has 0 heterocycles. The molecule has 1 rings (SSSR count). The fourth-order valence-electron chi connectivity index (χ4n) is 2.30. The van der Waals surface area contributed by atoms with E-state index >= 15 is 0 Å². The van der Waals surface area contributed by atoms with Crippen molar-refractivity contribution in [2.75, 3.05) is 20.6 Å². The van der Waals surface area contributed by atoms with Crippen molar-refractivity contribution in [1.82, 2.24) is 4.90 Å². The summed E-state index contributed by atoms with van der Waals surface area (Å²) in [5.74, 6) is 0.497. The topological polar surface area (TPSA) is 40.5 Å². The van der Waals surface area contributed by atoms with Crippen LogP contribution in [0.5, 0.6) is 5.75 Å². The highest BCUT2D eigenvalue weighted by atomic mass is 16.3. The van der Waals surface area contributed by atoms with Gasteiger partial charge in [0.1, 0.15) is 5.75 Å². The molecular formula is C18H27NO2. The Morgan fingerprint density at radius 1 is 1.24 bits per heavy atom. The lowest BCUT2D eigenvalue weighted by molar-refractivity contribution is -0.118. The number of allylic oxidation sites excluding steroid dienone is 1. The Kier molecular flexibility index (Phi) is 7.76. The number of nitrogens with zero attached hydrogens (tertiary/aromatic N) is 1. The van der Waals surface area contributed by atoms with Gasteiger partial charge in [0.2, 0.25) is 0 Å². The van der Waals surface area contributed by atoms with Gasteiger partial charge in [-0.05, 0) is 44.3 Å². The lowest BCUT2D eigenvalue weighted by Gasteiger charge is -2.18. The predicted molar refractivity (Wildman–Crippen MR) is 88.3 cm³/mol. The van der Waals surface area contributed by atoms with Crippen LogP contribution in [-0.4, -0.2) is 36.4 Å². The summed E-state index contributed by atoms with van der Waals surface area (Å²) in [5, 5.41) is 9.25. The first-order valence-electron chi connectivity index (χ1n) is 7.68. The first kappa shape index (κ1) is 17.4. The Morgan fingerprint density at radius 3 is 2.48 bits per heavy atom. The SMILES string of the molecule is CCCCC[C@@H](CN(C)C)C(=O)/C=C/c1ccc(O)cc1. The summed E-state index contributed by atoms with van der Waals surface area (Å²) in [6.45, 7) is 2.97. The van der Waals surface area contributed by atoms with Crippen LogP contribution in [0.25, 0.3) is 6.08 Å². The maximum atomic E-state index is 12.4. The van der Waals surface area contributed by atoms with Gasteiger partial charge in [0.25, 0.3) is 0 Å². The zero-order chi connectivity index (χ0) is 15.7. The molecule has 0 aliphatic heterocycles. The van der Waals surface area contributed by atoms with Gasteiger partial charge in [-0.2, -0.15) is 0 Å². The smallest absolute Gasteiger partial charge is 0.160 e. The molecule has 0 bridgehead atoms.